The molecule has 3 heterocycles. The average Bonchev–Trinajstić information content (AvgIpc) is 4.01. The van der Waals surface area contributed by atoms with E-state index in [0.29, 0.717) is 11.5 Å². The van der Waals surface area contributed by atoms with Gasteiger partial charge in [0.15, 0.2) is 5.58 Å². The van der Waals surface area contributed by atoms with Crippen LogP contribution in [0.3, 0.4) is 0 Å². The van der Waals surface area contributed by atoms with Gasteiger partial charge in [-0.15, -0.1) is 0 Å². The van der Waals surface area contributed by atoms with Crippen molar-refractivity contribution in [2.75, 3.05) is 4.90 Å². The second-order valence-electron chi connectivity index (χ2n) is 15.5. The van der Waals surface area contributed by atoms with Gasteiger partial charge in [0, 0.05) is 49.6 Å². The largest absolute Gasteiger partial charge is 0.456 e. The fourth-order valence-corrected chi connectivity index (χ4v) is 9.12. The van der Waals surface area contributed by atoms with Crippen LogP contribution in [0.25, 0.3) is 88.7 Å². The zero-order valence-corrected chi connectivity index (χ0v) is 31.3. The Hall–Kier alpha value is -7.37. The van der Waals surface area contributed by atoms with Crippen LogP contribution in [0.2, 0.25) is 0 Å². The summed E-state index contributed by atoms with van der Waals surface area (Å²) in [4.78, 5) is 7.35. The predicted molar refractivity (Wildman–Crippen MR) is 232 cm³/mol. The highest BCUT2D eigenvalue weighted by Crippen LogP contribution is 2.51. The van der Waals surface area contributed by atoms with Gasteiger partial charge in [0.25, 0.3) is 0 Å². The summed E-state index contributed by atoms with van der Waals surface area (Å²) in [6.07, 6.45) is 0. The van der Waals surface area contributed by atoms with Gasteiger partial charge in [0.05, 0.1) is 5.56 Å². The molecule has 0 unspecified atom stereocenters. The first kappa shape index (κ1) is 31.9. The molecule has 0 radical (unpaired) electrons. The Morgan fingerprint density at radius 1 is 0.439 bits per heavy atom. The molecule has 270 valence electrons. The minimum absolute atomic E-state index is 0.144. The minimum atomic E-state index is -0.144. The van der Waals surface area contributed by atoms with Crippen LogP contribution >= 0.6 is 0 Å². The van der Waals surface area contributed by atoms with Crippen LogP contribution in [0.4, 0.5) is 17.1 Å². The number of hydrogen-bond acceptors (Lipinski definition) is 5. The number of fused-ring (bicyclic) bond motifs is 10. The van der Waals surface area contributed by atoms with Crippen molar-refractivity contribution in [1.82, 2.24) is 4.98 Å². The summed E-state index contributed by atoms with van der Waals surface area (Å²) in [6, 6.07) is 59.5. The van der Waals surface area contributed by atoms with Crippen molar-refractivity contribution in [3.63, 3.8) is 0 Å². The Morgan fingerprint density at radius 2 is 1.07 bits per heavy atom. The fraction of sp³-hybridized carbons (Fsp3) is 0.0577. The number of oxazole rings is 1. The molecular formula is C52H34N2O3. The molecule has 0 amide bonds. The number of aromatic nitrogens is 1. The predicted octanol–water partition coefficient (Wildman–Crippen LogP) is 14.7. The van der Waals surface area contributed by atoms with E-state index in [9.17, 15) is 0 Å². The van der Waals surface area contributed by atoms with Crippen LogP contribution in [0, 0.1) is 0 Å². The molecule has 0 saturated carbocycles. The number of furan rings is 2. The number of anilines is 3. The van der Waals surface area contributed by atoms with Crippen molar-refractivity contribution in [2.24, 2.45) is 0 Å². The van der Waals surface area contributed by atoms with Gasteiger partial charge in [-0.25, -0.2) is 4.98 Å². The summed E-state index contributed by atoms with van der Waals surface area (Å²) in [5.74, 6) is 0.579. The average molecular weight is 735 g/mol. The first-order chi connectivity index (χ1) is 28.0. The molecular weight excluding hydrogens is 701 g/mol. The third kappa shape index (κ3) is 4.72. The molecule has 0 fully saturated rings. The fourth-order valence-electron chi connectivity index (χ4n) is 9.12. The van der Waals surface area contributed by atoms with Crippen LogP contribution in [-0.2, 0) is 5.41 Å². The molecule has 8 aromatic carbocycles. The van der Waals surface area contributed by atoms with E-state index in [2.05, 4.69) is 128 Å². The molecule has 12 rings (SSSR count). The quantitative estimate of drug-likeness (QED) is 0.176. The summed E-state index contributed by atoms with van der Waals surface area (Å²) >= 11 is 0. The van der Waals surface area contributed by atoms with Gasteiger partial charge in [-0.2, -0.15) is 0 Å². The van der Waals surface area contributed by atoms with Crippen molar-refractivity contribution in [3.8, 4) is 33.7 Å². The molecule has 3 aromatic heterocycles. The summed E-state index contributed by atoms with van der Waals surface area (Å²) < 4.78 is 19.5. The lowest BCUT2D eigenvalue weighted by Gasteiger charge is -2.28. The van der Waals surface area contributed by atoms with Crippen LogP contribution in [0.1, 0.15) is 25.0 Å². The lowest BCUT2D eigenvalue weighted by Crippen LogP contribution is -2.16. The van der Waals surface area contributed by atoms with Gasteiger partial charge in [-0.1, -0.05) is 111 Å². The molecule has 1 aliphatic rings. The molecule has 1 aliphatic carbocycles. The van der Waals surface area contributed by atoms with Gasteiger partial charge >= 0.3 is 0 Å². The molecule has 0 saturated heterocycles. The van der Waals surface area contributed by atoms with Crippen molar-refractivity contribution in [3.05, 3.63) is 181 Å². The van der Waals surface area contributed by atoms with Gasteiger partial charge in [0.2, 0.25) is 5.89 Å². The Kier molecular flexibility index (Phi) is 6.62. The number of rotatable bonds is 5. The molecule has 0 atom stereocenters. The van der Waals surface area contributed by atoms with Crippen molar-refractivity contribution < 1.29 is 13.3 Å². The Morgan fingerprint density at radius 3 is 1.89 bits per heavy atom. The molecule has 5 nitrogen and oxygen atoms in total. The third-order valence-corrected chi connectivity index (χ3v) is 11.9. The lowest BCUT2D eigenvalue weighted by molar-refractivity contribution is 0.619. The first-order valence-corrected chi connectivity index (χ1v) is 19.4. The van der Waals surface area contributed by atoms with E-state index in [0.717, 1.165) is 83.1 Å². The van der Waals surface area contributed by atoms with E-state index >= 15 is 0 Å². The zero-order valence-electron chi connectivity index (χ0n) is 31.3. The summed E-state index contributed by atoms with van der Waals surface area (Å²) in [5.41, 5.74) is 15.9. The monoisotopic (exact) mass is 734 g/mol. The van der Waals surface area contributed by atoms with Crippen LogP contribution in [0.15, 0.2) is 183 Å². The second kappa shape index (κ2) is 11.8. The van der Waals surface area contributed by atoms with Crippen LogP contribution < -0.4 is 4.90 Å². The van der Waals surface area contributed by atoms with E-state index in [4.69, 9.17) is 18.2 Å². The van der Waals surface area contributed by atoms with E-state index < -0.39 is 0 Å². The summed E-state index contributed by atoms with van der Waals surface area (Å²) in [7, 11) is 0. The van der Waals surface area contributed by atoms with Crippen LogP contribution in [-0.4, -0.2) is 4.98 Å². The number of nitrogens with zero attached hydrogens (tertiary/aromatic N) is 2. The van der Waals surface area contributed by atoms with Gasteiger partial charge < -0.3 is 18.2 Å². The highest BCUT2D eigenvalue weighted by atomic mass is 16.4. The van der Waals surface area contributed by atoms with Gasteiger partial charge in [-0.05, 0) is 101 Å². The highest BCUT2D eigenvalue weighted by molar-refractivity contribution is 6.16. The minimum Gasteiger partial charge on any atom is -0.456 e. The first-order valence-electron chi connectivity index (χ1n) is 19.4. The second-order valence-corrected chi connectivity index (χ2v) is 15.5. The normalized spacial score (nSPS) is 13.2. The maximum absolute atomic E-state index is 6.63. The van der Waals surface area contributed by atoms with E-state index in [1.807, 2.05) is 60.7 Å². The van der Waals surface area contributed by atoms with Crippen molar-refractivity contribution in [2.45, 2.75) is 19.3 Å². The van der Waals surface area contributed by atoms with E-state index in [1.165, 1.54) is 22.3 Å². The number of para-hydroxylation sites is 2. The zero-order chi connectivity index (χ0) is 37.8. The van der Waals surface area contributed by atoms with E-state index in [-0.39, 0.29) is 5.41 Å². The molecule has 11 aromatic rings. The standard InChI is InChI=1S/C52H34N2O3/c1-52(2)42-17-9-6-14-36(42)37-26-24-35(29-43(37)52)54(34-25-27-47-40(28-34)38-15-7-10-18-45(38)55-47)33-22-20-31(21-23-33)48-49-41(39-16-8-11-19-46(39)56-49)30-44-50(48)57-51(53-44)32-12-4-3-5-13-32/h3-30H,1-2H3. The van der Waals surface area contributed by atoms with Gasteiger partial charge in [-0.3, -0.25) is 0 Å². The topological polar surface area (TPSA) is 55.6 Å². The Balaban J connectivity index is 1.05. The molecule has 0 spiro atoms. The van der Waals surface area contributed by atoms with Crippen molar-refractivity contribution in [1.29, 1.82) is 0 Å². The maximum Gasteiger partial charge on any atom is 0.227 e. The van der Waals surface area contributed by atoms with Gasteiger partial charge in [0.1, 0.15) is 27.8 Å². The number of hydrogen-bond donors (Lipinski definition) is 0. The molecule has 57 heavy (non-hydrogen) atoms. The lowest BCUT2D eigenvalue weighted by atomic mass is 9.82. The smallest absolute Gasteiger partial charge is 0.227 e. The molecule has 0 aliphatic heterocycles. The Bertz CT molecular complexity index is 3380. The van der Waals surface area contributed by atoms with Crippen LogP contribution in [0.5, 0.6) is 0 Å². The maximum atomic E-state index is 6.63. The summed E-state index contributed by atoms with van der Waals surface area (Å²) in [6.45, 7) is 4.66. The SMILES string of the molecule is CC1(C)c2ccccc2-c2ccc(N(c3ccc(-c4c5oc(-c6ccccc6)nc5cc5c4oc4ccccc45)cc3)c3ccc4oc5ccccc5c4c3)cc21. The molecule has 5 heteroatoms. The highest BCUT2D eigenvalue weighted by Gasteiger charge is 2.36. The molecule has 0 bridgehead atoms. The van der Waals surface area contributed by atoms with E-state index in [1.54, 1.807) is 0 Å². The third-order valence-electron chi connectivity index (χ3n) is 11.9. The number of benzene rings is 8. The van der Waals surface area contributed by atoms with Crippen molar-refractivity contribution >= 4 is 72.0 Å². The molecule has 0 N–H and O–H groups in total. The summed E-state index contributed by atoms with van der Waals surface area (Å²) in [5, 5.41) is 4.23. The Labute approximate surface area is 328 Å².